The zero-order chi connectivity index (χ0) is 8.48. The Morgan fingerprint density at radius 3 is 2.64 bits per heavy atom. The van der Waals surface area contributed by atoms with Crippen molar-refractivity contribution in [3.63, 3.8) is 0 Å². The molecule has 62 valence electrons. The molecule has 0 atom stereocenters. The van der Waals surface area contributed by atoms with Crippen molar-refractivity contribution < 1.29 is 5.11 Å². The molecule has 0 aliphatic carbocycles. The lowest BCUT2D eigenvalue weighted by atomic mass is 10.1. The van der Waals surface area contributed by atoms with Gasteiger partial charge in [-0.25, -0.2) is 0 Å². The fourth-order valence-electron chi connectivity index (χ4n) is 0.931. The van der Waals surface area contributed by atoms with Crippen molar-refractivity contribution in [3.8, 4) is 0 Å². The largest absolute Gasteiger partial charge is 0.389 e. The first-order valence-corrected chi connectivity index (χ1v) is 3.70. The monoisotopic (exact) mass is 154 g/mol. The first-order valence-electron chi connectivity index (χ1n) is 3.70. The molecule has 11 heavy (non-hydrogen) atoms. The van der Waals surface area contributed by atoms with Gasteiger partial charge in [0, 0.05) is 11.9 Å². The summed E-state index contributed by atoms with van der Waals surface area (Å²) in [6.07, 6.45) is 1.74. The Labute approximate surface area is 66.7 Å². The van der Waals surface area contributed by atoms with Crippen LogP contribution in [0, 0.1) is 6.92 Å². The molecule has 0 bridgehead atoms. The van der Waals surface area contributed by atoms with Crippen LogP contribution in [0.25, 0.3) is 0 Å². The first-order chi connectivity index (χ1) is 4.99. The lowest BCUT2D eigenvalue weighted by Gasteiger charge is -2.17. The summed E-state index contributed by atoms with van der Waals surface area (Å²) in [5, 5.41) is 13.5. The Balaban J connectivity index is 2.72. The fraction of sp³-hybridized carbons (Fsp3) is 0.625. The zero-order valence-electron chi connectivity index (χ0n) is 7.20. The van der Waals surface area contributed by atoms with Crippen LogP contribution in [0.3, 0.4) is 0 Å². The van der Waals surface area contributed by atoms with Gasteiger partial charge in [0.15, 0.2) is 0 Å². The Morgan fingerprint density at radius 2 is 2.27 bits per heavy atom. The van der Waals surface area contributed by atoms with E-state index in [1.165, 1.54) is 0 Å². The highest BCUT2D eigenvalue weighted by Crippen LogP contribution is 2.06. The molecule has 1 rings (SSSR count). The van der Waals surface area contributed by atoms with E-state index < -0.39 is 5.60 Å². The number of rotatable bonds is 2. The van der Waals surface area contributed by atoms with Gasteiger partial charge in [0.2, 0.25) is 0 Å². The lowest BCUT2D eigenvalue weighted by Crippen LogP contribution is -2.27. The van der Waals surface area contributed by atoms with Gasteiger partial charge in [-0.1, -0.05) is 0 Å². The summed E-state index contributed by atoms with van der Waals surface area (Å²) in [4.78, 5) is 0. The van der Waals surface area contributed by atoms with E-state index in [2.05, 4.69) is 5.10 Å². The quantitative estimate of drug-likeness (QED) is 0.689. The lowest BCUT2D eigenvalue weighted by molar-refractivity contribution is 0.0571. The van der Waals surface area contributed by atoms with E-state index in [-0.39, 0.29) is 0 Å². The molecule has 0 aliphatic rings. The van der Waals surface area contributed by atoms with Gasteiger partial charge in [-0.2, -0.15) is 5.10 Å². The molecular weight excluding hydrogens is 140 g/mol. The average Bonchev–Trinajstić information content (AvgIpc) is 2.12. The molecule has 1 aromatic rings. The average molecular weight is 154 g/mol. The summed E-state index contributed by atoms with van der Waals surface area (Å²) >= 11 is 0. The predicted molar refractivity (Wildman–Crippen MR) is 43.3 cm³/mol. The highest BCUT2D eigenvalue weighted by molar-refractivity contribution is 4.97. The van der Waals surface area contributed by atoms with Gasteiger partial charge in [-0.3, -0.25) is 4.68 Å². The number of nitrogens with zero attached hydrogens (tertiary/aromatic N) is 2. The summed E-state index contributed by atoms with van der Waals surface area (Å²) < 4.78 is 1.79. The van der Waals surface area contributed by atoms with Gasteiger partial charge >= 0.3 is 0 Å². The van der Waals surface area contributed by atoms with Crippen LogP contribution in [-0.4, -0.2) is 20.5 Å². The van der Waals surface area contributed by atoms with Crippen LogP contribution in [0.4, 0.5) is 0 Å². The van der Waals surface area contributed by atoms with E-state index in [0.717, 1.165) is 5.69 Å². The summed E-state index contributed by atoms with van der Waals surface area (Å²) in [5.41, 5.74) is 0.392. The smallest absolute Gasteiger partial charge is 0.0786 e. The summed E-state index contributed by atoms with van der Waals surface area (Å²) in [6.45, 7) is 6.06. The van der Waals surface area contributed by atoms with E-state index in [1.54, 1.807) is 24.7 Å². The van der Waals surface area contributed by atoms with Gasteiger partial charge in [0.05, 0.1) is 12.1 Å². The fourth-order valence-corrected chi connectivity index (χ4v) is 0.931. The van der Waals surface area contributed by atoms with E-state index in [9.17, 15) is 5.11 Å². The molecule has 0 radical (unpaired) electrons. The Hall–Kier alpha value is -0.830. The van der Waals surface area contributed by atoms with Crippen LogP contribution in [-0.2, 0) is 6.54 Å². The van der Waals surface area contributed by atoms with Crippen LogP contribution < -0.4 is 0 Å². The molecule has 1 heterocycles. The molecule has 0 amide bonds. The maximum Gasteiger partial charge on any atom is 0.0786 e. The van der Waals surface area contributed by atoms with Crippen molar-refractivity contribution in [1.29, 1.82) is 0 Å². The topological polar surface area (TPSA) is 38.0 Å². The van der Waals surface area contributed by atoms with Crippen LogP contribution in [0.1, 0.15) is 19.5 Å². The number of aromatic nitrogens is 2. The third-order valence-corrected chi connectivity index (χ3v) is 1.47. The molecular formula is C8H14N2O. The minimum atomic E-state index is -0.684. The third kappa shape index (κ3) is 2.35. The summed E-state index contributed by atoms with van der Waals surface area (Å²) in [7, 11) is 0. The van der Waals surface area contributed by atoms with Crippen molar-refractivity contribution in [2.24, 2.45) is 0 Å². The van der Waals surface area contributed by atoms with E-state index in [1.807, 2.05) is 13.0 Å². The maximum atomic E-state index is 9.45. The van der Waals surface area contributed by atoms with Crippen LogP contribution in [0.15, 0.2) is 12.3 Å². The molecule has 0 fully saturated rings. The molecule has 0 spiro atoms. The number of hydrogen-bond donors (Lipinski definition) is 1. The summed E-state index contributed by atoms with van der Waals surface area (Å²) in [6, 6.07) is 1.92. The van der Waals surface area contributed by atoms with Crippen molar-refractivity contribution in [2.45, 2.75) is 32.9 Å². The van der Waals surface area contributed by atoms with E-state index >= 15 is 0 Å². The SMILES string of the molecule is Cc1ccnn1CC(C)(C)O. The normalized spacial score (nSPS) is 12.0. The van der Waals surface area contributed by atoms with E-state index in [4.69, 9.17) is 0 Å². The molecule has 3 nitrogen and oxygen atoms in total. The first kappa shape index (κ1) is 8.27. The van der Waals surface area contributed by atoms with Gasteiger partial charge in [0.25, 0.3) is 0 Å². The third-order valence-electron chi connectivity index (χ3n) is 1.47. The van der Waals surface area contributed by atoms with Crippen molar-refractivity contribution >= 4 is 0 Å². The number of aryl methyl sites for hydroxylation is 1. The maximum absolute atomic E-state index is 9.45. The van der Waals surface area contributed by atoms with Crippen molar-refractivity contribution in [2.75, 3.05) is 0 Å². The van der Waals surface area contributed by atoms with Gasteiger partial charge in [-0.05, 0) is 26.8 Å². The van der Waals surface area contributed by atoms with Crippen molar-refractivity contribution in [1.82, 2.24) is 9.78 Å². The molecule has 0 aromatic carbocycles. The van der Waals surface area contributed by atoms with Crippen LogP contribution >= 0.6 is 0 Å². The van der Waals surface area contributed by atoms with Gasteiger partial charge in [-0.15, -0.1) is 0 Å². The standard InChI is InChI=1S/C8H14N2O/c1-7-4-5-9-10(7)6-8(2,3)11/h4-5,11H,6H2,1-3H3. The van der Waals surface area contributed by atoms with Crippen molar-refractivity contribution in [3.05, 3.63) is 18.0 Å². The molecule has 1 N–H and O–H groups in total. The Bertz CT molecular complexity index is 234. The van der Waals surface area contributed by atoms with Gasteiger partial charge in [0.1, 0.15) is 0 Å². The van der Waals surface area contributed by atoms with Crippen LogP contribution in [0.5, 0.6) is 0 Å². The number of hydrogen-bond acceptors (Lipinski definition) is 2. The zero-order valence-corrected chi connectivity index (χ0v) is 7.20. The molecule has 0 saturated carbocycles. The Kier molecular flexibility index (Phi) is 2.00. The Morgan fingerprint density at radius 1 is 1.64 bits per heavy atom. The second kappa shape index (κ2) is 2.66. The second-order valence-corrected chi connectivity index (χ2v) is 3.44. The second-order valence-electron chi connectivity index (χ2n) is 3.44. The minimum absolute atomic E-state index is 0.547. The molecule has 0 saturated heterocycles. The van der Waals surface area contributed by atoms with E-state index in [0.29, 0.717) is 6.54 Å². The summed E-state index contributed by atoms with van der Waals surface area (Å²) in [5.74, 6) is 0. The molecule has 0 aliphatic heterocycles. The minimum Gasteiger partial charge on any atom is -0.389 e. The van der Waals surface area contributed by atoms with Crippen LogP contribution in [0.2, 0.25) is 0 Å². The molecule has 1 aromatic heterocycles. The molecule has 0 unspecified atom stereocenters. The van der Waals surface area contributed by atoms with Gasteiger partial charge < -0.3 is 5.11 Å². The highest BCUT2D eigenvalue weighted by Gasteiger charge is 2.14. The molecule has 3 heteroatoms. The highest BCUT2D eigenvalue weighted by atomic mass is 16.3. The number of aliphatic hydroxyl groups is 1. The predicted octanol–water partition coefficient (Wildman–Crippen LogP) is 0.962.